The van der Waals surface area contributed by atoms with Crippen molar-refractivity contribution in [3.63, 3.8) is 0 Å². The number of hydrogen-bond donors (Lipinski definition) is 1. The van der Waals surface area contributed by atoms with E-state index >= 15 is 0 Å². The molecule has 30 heavy (non-hydrogen) atoms. The van der Waals surface area contributed by atoms with Gasteiger partial charge in [0.2, 0.25) is 0 Å². The highest BCUT2D eigenvalue weighted by molar-refractivity contribution is 5.65. The summed E-state index contributed by atoms with van der Waals surface area (Å²) in [6.07, 6.45) is -0.148. The SMILES string of the molecule is CC(=O)OCC(O)C(Cc1ccccc1)N(Cc1ccccc1)Cc1ccccc1. The summed E-state index contributed by atoms with van der Waals surface area (Å²) in [4.78, 5) is 13.6. The standard InChI is InChI=1S/C26H29NO3/c1-21(28)30-20-26(29)25(17-22-11-5-2-6-12-22)27(18-23-13-7-3-8-14-23)19-24-15-9-4-10-16-24/h2-16,25-26,29H,17-20H2,1H3. The number of benzene rings is 3. The fourth-order valence-corrected chi connectivity index (χ4v) is 3.60. The number of ether oxygens (including phenoxy) is 1. The molecule has 0 aliphatic rings. The number of carbonyl (C=O) groups is 1. The lowest BCUT2D eigenvalue weighted by Crippen LogP contribution is -2.46. The molecule has 0 aliphatic carbocycles. The Bertz CT molecular complexity index is 842. The van der Waals surface area contributed by atoms with Crippen molar-refractivity contribution in [2.45, 2.75) is 38.6 Å². The second-order valence-corrected chi connectivity index (χ2v) is 7.50. The zero-order chi connectivity index (χ0) is 21.2. The van der Waals surface area contributed by atoms with Gasteiger partial charge in [0.15, 0.2) is 0 Å². The van der Waals surface area contributed by atoms with Crippen molar-refractivity contribution in [3.05, 3.63) is 108 Å². The normalized spacial score (nSPS) is 13.0. The molecule has 0 aromatic heterocycles. The van der Waals surface area contributed by atoms with Gasteiger partial charge in [-0.1, -0.05) is 91.0 Å². The maximum Gasteiger partial charge on any atom is 0.302 e. The van der Waals surface area contributed by atoms with E-state index in [-0.39, 0.29) is 18.6 Å². The molecule has 156 valence electrons. The number of nitrogens with zero attached hydrogens (tertiary/aromatic N) is 1. The van der Waals surface area contributed by atoms with Crippen molar-refractivity contribution in [1.29, 1.82) is 0 Å². The third-order valence-electron chi connectivity index (χ3n) is 5.12. The van der Waals surface area contributed by atoms with Crippen LogP contribution in [0.2, 0.25) is 0 Å². The van der Waals surface area contributed by atoms with Crippen LogP contribution >= 0.6 is 0 Å². The van der Waals surface area contributed by atoms with Crippen molar-refractivity contribution < 1.29 is 14.6 Å². The molecule has 0 saturated carbocycles. The number of hydrogen-bond acceptors (Lipinski definition) is 4. The molecule has 3 aromatic rings. The predicted octanol–water partition coefficient (Wildman–Crippen LogP) is 4.22. The lowest BCUT2D eigenvalue weighted by molar-refractivity contribution is -0.145. The Hall–Kier alpha value is -2.95. The Balaban J connectivity index is 1.89. The predicted molar refractivity (Wildman–Crippen MR) is 119 cm³/mol. The first kappa shape index (κ1) is 21.8. The summed E-state index contributed by atoms with van der Waals surface area (Å²) in [6, 6.07) is 30.4. The van der Waals surface area contributed by atoms with Gasteiger partial charge in [0.25, 0.3) is 0 Å². The minimum Gasteiger partial charge on any atom is -0.463 e. The Morgan fingerprint density at radius 1 is 0.800 bits per heavy atom. The van der Waals surface area contributed by atoms with Gasteiger partial charge in [-0.25, -0.2) is 0 Å². The lowest BCUT2D eigenvalue weighted by Gasteiger charge is -2.35. The number of aliphatic hydroxyl groups excluding tert-OH is 1. The lowest BCUT2D eigenvalue weighted by atomic mass is 9.98. The van der Waals surface area contributed by atoms with E-state index in [1.54, 1.807) is 0 Å². The van der Waals surface area contributed by atoms with Gasteiger partial charge in [-0.3, -0.25) is 9.69 Å². The quantitative estimate of drug-likeness (QED) is 0.515. The van der Waals surface area contributed by atoms with Crippen molar-refractivity contribution in [3.8, 4) is 0 Å². The first-order valence-electron chi connectivity index (χ1n) is 10.3. The largest absolute Gasteiger partial charge is 0.463 e. The van der Waals surface area contributed by atoms with Crippen LogP contribution in [0.4, 0.5) is 0 Å². The molecule has 3 rings (SSSR count). The number of carbonyl (C=O) groups excluding carboxylic acids is 1. The summed E-state index contributed by atoms with van der Waals surface area (Å²) < 4.78 is 5.16. The van der Waals surface area contributed by atoms with E-state index in [2.05, 4.69) is 41.3 Å². The summed E-state index contributed by atoms with van der Waals surface area (Å²) in [6.45, 7) is 2.71. The molecule has 3 aromatic carbocycles. The van der Waals surface area contributed by atoms with Gasteiger partial charge < -0.3 is 9.84 Å². The van der Waals surface area contributed by atoms with E-state index < -0.39 is 6.10 Å². The van der Waals surface area contributed by atoms with Crippen LogP contribution in [0.25, 0.3) is 0 Å². The van der Waals surface area contributed by atoms with Gasteiger partial charge in [-0.2, -0.15) is 0 Å². The third kappa shape index (κ3) is 6.83. The van der Waals surface area contributed by atoms with Gasteiger partial charge in [-0.15, -0.1) is 0 Å². The minimum atomic E-state index is -0.804. The minimum absolute atomic E-state index is 0.0209. The van der Waals surface area contributed by atoms with Crippen LogP contribution in [0.3, 0.4) is 0 Å². The highest BCUT2D eigenvalue weighted by Gasteiger charge is 2.28. The molecule has 0 radical (unpaired) electrons. The summed E-state index contributed by atoms with van der Waals surface area (Å²) >= 11 is 0. The molecule has 0 amide bonds. The summed E-state index contributed by atoms with van der Waals surface area (Å²) in [5.41, 5.74) is 3.48. The zero-order valence-corrected chi connectivity index (χ0v) is 17.4. The monoisotopic (exact) mass is 403 g/mol. The molecule has 4 heteroatoms. The molecule has 0 spiro atoms. The molecule has 4 nitrogen and oxygen atoms in total. The van der Waals surface area contributed by atoms with Gasteiger partial charge in [-0.05, 0) is 23.1 Å². The van der Waals surface area contributed by atoms with E-state index in [0.717, 1.165) is 5.56 Å². The molecular weight excluding hydrogens is 374 g/mol. The zero-order valence-electron chi connectivity index (χ0n) is 17.4. The number of esters is 1. The molecular formula is C26H29NO3. The fraction of sp³-hybridized carbons (Fsp3) is 0.269. The molecule has 0 fully saturated rings. The highest BCUT2D eigenvalue weighted by atomic mass is 16.5. The van der Waals surface area contributed by atoms with Gasteiger partial charge in [0.05, 0.1) is 0 Å². The molecule has 1 N–H and O–H groups in total. The van der Waals surface area contributed by atoms with Crippen LogP contribution < -0.4 is 0 Å². The molecule has 2 atom stereocenters. The first-order valence-corrected chi connectivity index (χ1v) is 10.3. The van der Waals surface area contributed by atoms with E-state index in [4.69, 9.17) is 4.74 Å². The molecule has 0 saturated heterocycles. The van der Waals surface area contributed by atoms with Crippen LogP contribution in [-0.4, -0.2) is 34.7 Å². The third-order valence-corrected chi connectivity index (χ3v) is 5.12. The second-order valence-electron chi connectivity index (χ2n) is 7.50. The van der Waals surface area contributed by atoms with Crippen molar-refractivity contribution in [1.82, 2.24) is 4.90 Å². The van der Waals surface area contributed by atoms with Crippen LogP contribution in [0.1, 0.15) is 23.6 Å². The van der Waals surface area contributed by atoms with Crippen LogP contribution in [-0.2, 0) is 29.0 Å². The van der Waals surface area contributed by atoms with Gasteiger partial charge in [0.1, 0.15) is 12.7 Å². The van der Waals surface area contributed by atoms with E-state index in [1.807, 2.05) is 54.6 Å². The van der Waals surface area contributed by atoms with Gasteiger partial charge in [0, 0.05) is 26.1 Å². The average molecular weight is 404 g/mol. The van der Waals surface area contributed by atoms with Crippen molar-refractivity contribution in [2.75, 3.05) is 6.61 Å². The first-order chi connectivity index (χ1) is 14.6. The van der Waals surface area contributed by atoms with Crippen molar-refractivity contribution in [2.24, 2.45) is 0 Å². The van der Waals surface area contributed by atoms with E-state index in [0.29, 0.717) is 19.5 Å². The van der Waals surface area contributed by atoms with Crippen LogP contribution in [0, 0.1) is 0 Å². The Labute approximate surface area is 178 Å². The molecule has 0 aliphatic heterocycles. The van der Waals surface area contributed by atoms with E-state index in [9.17, 15) is 9.90 Å². The number of aliphatic hydroxyl groups is 1. The average Bonchev–Trinajstić information content (AvgIpc) is 2.77. The maximum atomic E-state index is 11.3. The van der Waals surface area contributed by atoms with Gasteiger partial charge >= 0.3 is 5.97 Å². The number of rotatable bonds is 10. The summed E-state index contributed by atoms with van der Waals surface area (Å²) in [7, 11) is 0. The van der Waals surface area contributed by atoms with Crippen molar-refractivity contribution >= 4 is 5.97 Å². The second kappa shape index (κ2) is 11.3. The summed E-state index contributed by atoms with van der Waals surface area (Å²) in [5, 5.41) is 11.0. The fourth-order valence-electron chi connectivity index (χ4n) is 3.60. The Morgan fingerprint density at radius 2 is 1.23 bits per heavy atom. The topological polar surface area (TPSA) is 49.8 Å². The molecule has 0 heterocycles. The Morgan fingerprint density at radius 3 is 1.67 bits per heavy atom. The summed E-state index contributed by atoms with van der Waals surface area (Å²) in [5.74, 6) is -0.384. The smallest absolute Gasteiger partial charge is 0.302 e. The van der Waals surface area contributed by atoms with E-state index in [1.165, 1.54) is 18.1 Å². The maximum absolute atomic E-state index is 11.3. The molecule has 0 bridgehead atoms. The van der Waals surface area contributed by atoms with Crippen LogP contribution in [0.15, 0.2) is 91.0 Å². The molecule has 2 unspecified atom stereocenters. The highest BCUT2D eigenvalue weighted by Crippen LogP contribution is 2.20. The van der Waals surface area contributed by atoms with Crippen LogP contribution in [0.5, 0.6) is 0 Å². The Kier molecular flexibility index (Phi) is 8.19.